The third-order valence-corrected chi connectivity index (χ3v) is 5.15. The molecule has 0 unspecified atom stereocenters. The summed E-state index contributed by atoms with van der Waals surface area (Å²) in [6.45, 7) is 0. The van der Waals surface area contributed by atoms with Crippen LogP contribution in [0.2, 0.25) is 10.0 Å². The van der Waals surface area contributed by atoms with E-state index in [1.165, 1.54) is 0 Å². The number of thiocarbonyl (C=S) groups is 1. The van der Waals surface area contributed by atoms with E-state index in [2.05, 4.69) is 26.6 Å². The molecule has 0 aromatic heterocycles. The maximum atomic E-state index is 12.6. The average molecular weight is 454 g/mol. The van der Waals surface area contributed by atoms with Crippen molar-refractivity contribution in [2.75, 3.05) is 5.32 Å². The predicted molar refractivity (Wildman–Crippen MR) is 112 cm³/mol. The molecule has 1 amide bonds. The largest absolute Gasteiger partial charge is 0.332 e. The fourth-order valence-electron chi connectivity index (χ4n) is 2.38. The summed E-state index contributed by atoms with van der Waals surface area (Å²) in [5.41, 5.74) is 1.18. The van der Waals surface area contributed by atoms with Gasteiger partial charge in [-0.05, 0) is 53.3 Å². The van der Waals surface area contributed by atoms with Crippen LogP contribution < -0.4 is 10.6 Å². The van der Waals surface area contributed by atoms with Gasteiger partial charge in [0.05, 0.1) is 10.0 Å². The van der Waals surface area contributed by atoms with E-state index in [4.69, 9.17) is 35.4 Å². The van der Waals surface area contributed by atoms with Crippen LogP contribution in [0.15, 0.2) is 59.1 Å². The van der Waals surface area contributed by atoms with Crippen LogP contribution >= 0.6 is 51.3 Å². The number of rotatable bonds is 2. The molecule has 2 N–H and O–H groups in total. The minimum atomic E-state index is -0.290. The van der Waals surface area contributed by atoms with Gasteiger partial charge in [-0.3, -0.25) is 10.1 Å². The summed E-state index contributed by atoms with van der Waals surface area (Å²) >= 11 is 20.6. The number of carbonyl (C=O) groups is 1. The zero-order valence-electron chi connectivity index (χ0n) is 12.6. The SMILES string of the molecule is O=C(NC(=S)Nc1ccc(Cl)c(Cl)c1)c1cccc2c(Br)cccc12. The van der Waals surface area contributed by atoms with Crippen LogP contribution in [-0.2, 0) is 0 Å². The molecule has 0 spiro atoms. The second-order valence-corrected chi connectivity index (χ2v) is 7.25. The van der Waals surface area contributed by atoms with Crippen molar-refractivity contribution in [3.05, 3.63) is 74.7 Å². The summed E-state index contributed by atoms with van der Waals surface area (Å²) < 4.78 is 0.927. The normalized spacial score (nSPS) is 10.5. The Morgan fingerprint density at radius 1 is 0.960 bits per heavy atom. The fraction of sp³-hybridized carbons (Fsp3) is 0. The second kappa shape index (κ2) is 7.70. The third-order valence-electron chi connectivity index (χ3n) is 3.52. The van der Waals surface area contributed by atoms with Crippen LogP contribution in [0.1, 0.15) is 10.4 Å². The van der Waals surface area contributed by atoms with Gasteiger partial charge in [-0.25, -0.2) is 0 Å². The minimum absolute atomic E-state index is 0.176. The van der Waals surface area contributed by atoms with Crippen LogP contribution in [0.25, 0.3) is 10.8 Å². The Balaban J connectivity index is 1.79. The van der Waals surface area contributed by atoms with Crippen molar-refractivity contribution < 1.29 is 4.79 Å². The van der Waals surface area contributed by atoms with Gasteiger partial charge in [0, 0.05) is 15.7 Å². The number of hydrogen-bond donors (Lipinski definition) is 2. The molecule has 0 fully saturated rings. The third kappa shape index (κ3) is 4.12. The van der Waals surface area contributed by atoms with Gasteiger partial charge in [-0.15, -0.1) is 0 Å². The number of halogens is 3. The first-order valence-corrected chi connectivity index (χ1v) is 9.16. The van der Waals surface area contributed by atoms with E-state index in [0.29, 0.717) is 21.3 Å². The van der Waals surface area contributed by atoms with E-state index in [-0.39, 0.29) is 11.0 Å². The second-order valence-electron chi connectivity index (χ2n) is 5.18. The number of fused-ring (bicyclic) bond motifs is 1. The maximum absolute atomic E-state index is 12.6. The number of anilines is 1. The van der Waals surface area contributed by atoms with Crippen molar-refractivity contribution >= 4 is 78.8 Å². The zero-order chi connectivity index (χ0) is 18.0. The molecule has 0 saturated carbocycles. The van der Waals surface area contributed by atoms with Crippen LogP contribution in [-0.4, -0.2) is 11.0 Å². The molecule has 0 atom stereocenters. The Labute approximate surface area is 168 Å². The lowest BCUT2D eigenvalue weighted by atomic mass is 10.0. The lowest BCUT2D eigenvalue weighted by Gasteiger charge is -2.12. The van der Waals surface area contributed by atoms with Gasteiger partial charge in [0.25, 0.3) is 5.91 Å². The molecule has 7 heteroatoms. The van der Waals surface area contributed by atoms with Gasteiger partial charge in [-0.2, -0.15) is 0 Å². The molecule has 126 valence electrons. The maximum Gasteiger partial charge on any atom is 0.258 e. The number of hydrogen-bond acceptors (Lipinski definition) is 2. The highest BCUT2D eigenvalue weighted by atomic mass is 79.9. The molecular weight excluding hydrogens is 443 g/mol. The summed E-state index contributed by atoms with van der Waals surface area (Å²) in [4.78, 5) is 12.6. The Bertz CT molecular complexity index is 994. The number of benzene rings is 3. The lowest BCUT2D eigenvalue weighted by Crippen LogP contribution is -2.34. The molecule has 0 saturated heterocycles. The minimum Gasteiger partial charge on any atom is -0.332 e. The van der Waals surface area contributed by atoms with Crippen molar-refractivity contribution in [3.8, 4) is 0 Å². The van der Waals surface area contributed by atoms with Crippen LogP contribution in [0.4, 0.5) is 5.69 Å². The Kier molecular flexibility index (Phi) is 5.59. The summed E-state index contributed by atoms with van der Waals surface area (Å²) in [6, 6.07) is 16.3. The van der Waals surface area contributed by atoms with Crippen LogP contribution in [0, 0.1) is 0 Å². The molecule has 25 heavy (non-hydrogen) atoms. The van der Waals surface area contributed by atoms with E-state index in [1.54, 1.807) is 24.3 Å². The average Bonchev–Trinajstić information content (AvgIpc) is 2.58. The topological polar surface area (TPSA) is 41.1 Å². The molecule has 3 aromatic rings. The molecule has 3 nitrogen and oxygen atoms in total. The molecule has 0 bridgehead atoms. The van der Waals surface area contributed by atoms with Gasteiger partial charge in [-0.1, -0.05) is 63.4 Å². The highest BCUT2D eigenvalue weighted by Crippen LogP contribution is 2.27. The van der Waals surface area contributed by atoms with Crippen molar-refractivity contribution in [2.24, 2.45) is 0 Å². The number of amides is 1. The fourth-order valence-corrected chi connectivity index (χ4v) is 3.38. The molecule has 0 radical (unpaired) electrons. The van der Waals surface area contributed by atoms with E-state index in [9.17, 15) is 4.79 Å². The first-order valence-electron chi connectivity index (χ1n) is 7.20. The quantitative estimate of drug-likeness (QED) is 0.465. The van der Waals surface area contributed by atoms with Gasteiger partial charge < -0.3 is 5.32 Å². The zero-order valence-corrected chi connectivity index (χ0v) is 16.6. The molecule has 0 aliphatic carbocycles. The summed E-state index contributed by atoms with van der Waals surface area (Å²) in [5, 5.41) is 8.42. The van der Waals surface area contributed by atoms with E-state index in [0.717, 1.165) is 15.2 Å². The van der Waals surface area contributed by atoms with E-state index in [1.807, 2.05) is 30.3 Å². The smallest absolute Gasteiger partial charge is 0.258 e. The first kappa shape index (κ1) is 18.1. The van der Waals surface area contributed by atoms with Gasteiger partial charge >= 0.3 is 0 Å². The molecule has 0 aliphatic heterocycles. The standard InChI is InChI=1S/C18H11BrCl2N2OS/c19-14-6-2-3-11-12(14)4-1-5-13(11)17(24)23-18(25)22-10-7-8-15(20)16(21)9-10/h1-9H,(H2,22,23,24,25). The Morgan fingerprint density at radius 2 is 1.68 bits per heavy atom. The Morgan fingerprint density at radius 3 is 2.44 bits per heavy atom. The molecular formula is C18H11BrCl2N2OS. The van der Waals surface area contributed by atoms with Crippen molar-refractivity contribution in [3.63, 3.8) is 0 Å². The van der Waals surface area contributed by atoms with Gasteiger partial charge in [0.15, 0.2) is 5.11 Å². The first-order chi connectivity index (χ1) is 12.0. The molecule has 3 aromatic carbocycles. The van der Waals surface area contributed by atoms with Crippen LogP contribution in [0.3, 0.4) is 0 Å². The lowest BCUT2D eigenvalue weighted by molar-refractivity contribution is 0.0979. The number of carbonyl (C=O) groups excluding carboxylic acids is 1. The van der Waals surface area contributed by atoms with E-state index >= 15 is 0 Å². The van der Waals surface area contributed by atoms with Crippen molar-refractivity contribution in [1.29, 1.82) is 0 Å². The van der Waals surface area contributed by atoms with E-state index < -0.39 is 0 Å². The van der Waals surface area contributed by atoms with Crippen molar-refractivity contribution in [2.45, 2.75) is 0 Å². The van der Waals surface area contributed by atoms with Gasteiger partial charge in [0.1, 0.15) is 0 Å². The van der Waals surface area contributed by atoms with Crippen LogP contribution in [0.5, 0.6) is 0 Å². The highest BCUT2D eigenvalue weighted by molar-refractivity contribution is 9.10. The molecule has 0 heterocycles. The summed E-state index contributed by atoms with van der Waals surface area (Å²) in [6.07, 6.45) is 0. The highest BCUT2D eigenvalue weighted by Gasteiger charge is 2.12. The van der Waals surface area contributed by atoms with Gasteiger partial charge in [0.2, 0.25) is 0 Å². The predicted octanol–water partition coefficient (Wildman–Crippen LogP) is 6.04. The molecule has 3 rings (SSSR count). The monoisotopic (exact) mass is 452 g/mol. The Hall–Kier alpha value is -1.66. The number of nitrogens with one attached hydrogen (secondary N) is 2. The summed E-state index contributed by atoms with van der Waals surface area (Å²) in [7, 11) is 0. The van der Waals surface area contributed by atoms with Crippen molar-refractivity contribution in [1.82, 2.24) is 5.32 Å². The summed E-state index contributed by atoms with van der Waals surface area (Å²) in [5.74, 6) is -0.290. The molecule has 0 aliphatic rings.